The smallest absolute Gasteiger partial charge is 0.321 e. The van der Waals surface area contributed by atoms with E-state index in [0.717, 1.165) is 5.56 Å². The number of amides is 1. The van der Waals surface area contributed by atoms with Gasteiger partial charge in [-0.3, -0.25) is 4.79 Å². The van der Waals surface area contributed by atoms with E-state index in [0.29, 0.717) is 16.3 Å². The minimum Gasteiger partial charge on any atom is -0.321 e. The average Bonchev–Trinajstić information content (AvgIpc) is 2.61. The molecule has 0 heterocycles. The number of carbonyl (C=O) groups excluding carboxylic acids is 1. The molecule has 0 bridgehead atoms. The van der Waals surface area contributed by atoms with Crippen LogP contribution in [-0.4, -0.2) is 12.1 Å². The number of carbonyl (C=O) groups is 1. The van der Waals surface area contributed by atoms with E-state index in [9.17, 15) is 18.0 Å². The van der Waals surface area contributed by atoms with Crippen LogP contribution in [0.15, 0.2) is 71.8 Å². The monoisotopic (exact) mass is 391 g/mol. The summed E-state index contributed by atoms with van der Waals surface area (Å²) in [5, 5.41) is 3.21. The quantitative estimate of drug-likeness (QED) is 0.644. The summed E-state index contributed by atoms with van der Waals surface area (Å²) in [7, 11) is 0. The molecule has 0 radical (unpaired) electrons. The van der Waals surface area contributed by atoms with Crippen molar-refractivity contribution in [2.45, 2.75) is 19.5 Å². The van der Waals surface area contributed by atoms with Crippen molar-refractivity contribution < 1.29 is 18.0 Å². The van der Waals surface area contributed by atoms with E-state index in [1.165, 1.54) is 13.0 Å². The Morgan fingerprint density at radius 1 is 1.11 bits per heavy atom. The first-order valence-electron chi connectivity index (χ1n) is 8.41. The second kappa shape index (κ2) is 7.61. The minimum absolute atomic E-state index is 0.257. The summed E-state index contributed by atoms with van der Waals surface area (Å²) in [6.45, 7) is 1.47. The molecule has 0 aliphatic heterocycles. The van der Waals surface area contributed by atoms with Gasteiger partial charge >= 0.3 is 6.18 Å². The van der Waals surface area contributed by atoms with Crippen LogP contribution in [0.2, 0.25) is 5.02 Å². The molecule has 2 aromatic carbocycles. The number of allylic oxidation sites excluding steroid dienone is 2. The summed E-state index contributed by atoms with van der Waals surface area (Å²) in [6, 6.07) is 14.0. The van der Waals surface area contributed by atoms with E-state index in [-0.39, 0.29) is 12.0 Å². The van der Waals surface area contributed by atoms with E-state index >= 15 is 0 Å². The van der Waals surface area contributed by atoms with Crippen molar-refractivity contribution in [2.75, 3.05) is 5.32 Å². The average molecular weight is 392 g/mol. The maximum atomic E-state index is 13.4. The fourth-order valence-corrected chi connectivity index (χ4v) is 3.28. The molecule has 0 saturated heterocycles. The SMILES string of the molecule is CC1CC=CC(C(=O)Nc2ccccc2-c2ccc(Cl)cc2)=C1C(F)(F)F. The first kappa shape index (κ1) is 19.2. The zero-order valence-electron chi connectivity index (χ0n) is 14.5. The number of hydrogen-bond donors (Lipinski definition) is 1. The molecule has 1 aliphatic carbocycles. The number of halogens is 4. The fraction of sp³-hybridized carbons (Fsp3) is 0.190. The lowest BCUT2D eigenvalue weighted by molar-refractivity contribution is -0.115. The molecular weight excluding hydrogens is 375 g/mol. The van der Waals surface area contributed by atoms with Crippen LogP contribution in [-0.2, 0) is 4.79 Å². The standard InChI is InChI=1S/C21H17ClF3NO/c1-13-5-4-7-17(19(13)21(23,24)25)20(27)26-18-8-3-2-6-16(18)14-9-11-15(22)12-10-14/h2-4,6-13H,5H2,1H3,(H,26,27). The highest BCUT2D eigenvalue weighted by Crippen LogP contribution is 2.39. The lowest BCUT2D eigenvalue weighted by Gasteiger charge is -2.24. The second-order valence-corrected chi connectivity index (χ2v) is 6.81. The Labute approximate surface area is 160 Å². The van der Waals surface area contributed by atoms with Crippen molar-refractivity contribution in [1.29, 1.82) is 0 Å². The number of benzene rings is 2. The molecule has 1 aliphatic rings. The van der Waals surface area contributed by atoms with E-state index in [1.807, 2.05) is 0 Å². The molecule has 0 spiro atoms. The van der Waals surface area contributed by atoms with Gasteiger partial charge in [0, 0.05) is 27.4 Å². The molecule has 140 valence electrons. The third-order valence-corrected chi connectivity index (χ3v) is 4.69. The Morgan fingerprint density at radius 3 is 2.44 bits per heavy atom. The van der Waals surface area contributed by atoms with Crippen LogP contribution < -0.4 is 5.32 Å². The summed E-state index contributed by atoms with van der Waals surface area (Å²) in [5.74, 6) is -1.53. The van der Waals surface area contributed by atoms with E-state index < -0.39 is 23.6 Å². The van der Waals surface area contributed by atoms with Gasteiger partial charge in [-0.25, -0.2) is 0 Å². The first-order valence-corrected chi connectivity index (χ1v) is 8.79. The van der Waals surface area contributed by atoms with Crippen LogP contribution >= 0.6 is 11.6 Å². The molecule has 3 rings (SSSR count). The topological polar surface area (TPSA) is 29.1 Å². The van der Waals surface area contributed by atoms with Gasteiger partial charge in [-0.15, -0.1) is 0 Å². The highest BCUT2D eigenvalue weighted by molar-refractivity contribution is 6.30. The predicted octanol–water partition coefficient (Wildman–Crippen LogP) is 6.40. The van der Waals surface area contributed by atoms with Gasteiger partial charge in [0.25, 0.3) is 5.91 Å². The first-order chi connectivity index (χ1) is 12.8. The summed E-state index contributed by atoms with van der Waals surface area (Å²) in [5.41, 5.74) is 0.807. The summed E-state index contributed by atoms with van der Waals surface area (Å²) in [6.07, 6.45) is -1.44. The number of nitrogens with one attached hydrogen (secondary N) is 1. The summed E-state index contributed by atoms with van der Waals surface area (Å²) >= 11 is 5.91. The van der Waals surface area contributed by atoms with Gasteiger partial charge in [0.1, 0.15) is 0 Å². The second-order valence-electron chi connectivity index (χ2n) is 6.37. The maximum absolute atomic E-state index is 13.4. The molecular formula is C21H17ClF3NO. The lowest BCUT2D eigenvalue weighted by Crippen LogP contribution is -2.27. The maximum Gasteiger partial charge on any atom is 0.413 e. The number of rotatable bonds is 3. The van der Waals surface area contributed by atoms with Crippen molar-refractivity contribution in [3.8, 4) is 11.1 Å². The Balaban J connectivity index is 1.97. The highest BCUT2D eigenvalue weighted by atomic mass is 35.5. The Bertz CT molecular complexity index is 914. The van der Waals surface area contributed by atoms with Crippen molar-refractivity contribution >= 4 is 23.2 Å². The van der Waals surface area contributed by atoms with Gasteiger partial charge < -0.3 is 5.32 Å². The molecule has 27 heavy (non-hydrogen) atoms. The predicted molar refractivity (Wildman–Crippen MR) is 102 cm³/mol. The fourth-order valence-electron chi connectivity index (χ4n) is 3.16. The Morgan fingerprint density at radius 2 is 1.78 bits per heavy atom. The number of para-hydroxylation sites is 1. The molecule has 2 nitrogen and oxygen atoms in total. The van der Waals surface area contributed by atoms with Crippen LogP contribution in [0.25, 0.3) is 11.1 Å². The van der Waals surface area contributed by atoms with Gasteiger partial charge in [-0.2, -0.15) is 13.2 Å². The molecule has 1 atom stereocenters. The number of alkyl halides is 3. The normalized spacial score (nSPS) is 17.1. The van der Waals surface area contributed by atoms with Crippen molar-refractivity contribution in [1.82, 2.24) is 0 Å². The van der Waals surface area contributed by atoms with Crippen LogP contribution in [0.5, 0.6) is 0 Å². The van der Waals surface area contributed by atoms with E-state index in [4.69, 9.17) is 11.6 Å². The van der Waals surface area contributed by atoms with Crippen LogP contribution in [0.4, 0.5) is 18.9 Å². The van der Waals surface area contributed by atoms with E-state index in [1.54, 1.807) is 54.6 Å². The Kier molecular flexibility index (Phi) is 5.42. The van der Waals surface area contributed by atoms with Crippen molar-refractivity contribution in [2.24, 2.45) is 5.92 Å². The molecule has 6 heteroatoms. The van der Waals surface area contributed by atoms with Crippen molar-refractivity contribution in [3.05, 3.63) is 76.9 Å². The van der Waals surface area contributed by atoms with Gasteiger partial charge in [0.15, 0.2) is 0 Å². The van der Waals surface area contributed by atoms with Crippen LogP contribution in [0.3, 0.4) is 0 Å². The molecule has 1 amide bonds. The summed E-state index contributed by atoms with van der Waals surface area (Å²) < 4.78 is 40.3. The molecule has 0 saturated carbocycles. The lowest BCUT2D eigenvalue weighted by atomic mass is 9.87. The zero-order valence-corrected chi connectivity index (χ0v) is 15.2. The number of anilines is 1. The number of hydrogen-bond acceptors (Lipinski definition) is 1. The molecule has 2 aromatic rings. The molecule has 0 fully saturated rings. The van der Waals surface area contributed by atoms with Crippen molar-refractivity contribution in [3.63, 3.8) is 0 Å². The van der Waals surface area contributed by atoms with Gasteiger partial charge in [-0.05, 0) is 36.1 Å². The molecule has 0 aromatic heterocycles. The summed E-state index contributed by atoms with van der Waals surface area (Å²) in [4.78, 5) is 12.7. The molecule has 1 unspecified atom stereocenters. The highest BCUT2D eigenvalue weighted by Gasteiger charge is 2.41. The van der Waals surface area contributed by atoms with E-state index in [2.05, 4.69) is 5.32 Å². The largest absolute Gasteiger partial charge is 0.413 e. The third-order valence-electron chi connectivity index (χ3n) is 4.44. The molecule has 1 N–H and O–H groups in total. The Hall–Kier alpha value is -2.53. The van der Waals surface area contributed by atoms with Gasteiger partial charge in [0.05, 0.1) is 0 Å². The minimum atomic E-state index is -4.55. The van der Waals surface area contributed by atoms with Gasteiger partial charge in [-0.1, -0.05) is 61.0 Å². The van der Waals surface area contributed by atoms with Gasteiger partial charge in [0.2, 0.25) is 0 Å². The third kappa shape index (κ3) is 4.25. The zero-order chi connectivity index (χ0) is 19.6. The van der Waals surface area contributed by atoms with Crippen LogP contribution in [0.1, 0.15) is 13.3 Å². The van der Waals surface area contributed by atoms with Crippen LogP contribution in [0, 0.1) is 5.92 Å².